The van der Waals surface area contributed by atoms with Crippen molar-refractivity contribution in [2.24, 2.45) is 0 Å². The van der Waals surface area contributed by atoms with Crippen molar-refractivity contribution < 1.29 is 19.0 Å². The van der Waals surface area contributed by atoms with E-state index in [9.17, 15) is 4.79 Å². The van der Waals surface area contributed by atoms with E-state index in [2.05, 4.69) is 4.90 Å². The van der Waals surface area contributed by atoms with Gasteiger partial charge in [-0.1, -0.05) is 11.6 Å². The molecule has 0 unspecified atom stereocenters. The summed E-state index contributed by atoms with van der Waals surface area (Å²) in [5.74, 6) is 2.06. The fourth-order valence-electron chi connectivity index (χ4n) is 3.57. The summed E-state index contributed by atoms with van der Waals surface area (Å²) in [6.45, 7) is 8.36. The molecule has 1 aliphatic rings. The number of benzene rings is 2. The second-order valence-electron chi connectivity index (χ2n) is 7.45. The lowest BCUT2D eigenvalue weighted by Gasteiger charge is -2.34. The number of hydrogen-bond acceptors (Lipinski definition) is 5. The SMILES string of the molecule is COc1cc(OC)cc(C(=O)N2CCN(CCOc3cc(C)c(Cl)c(C)c3)CC2)c1. The molecule has 0 saturated carbocycles. The Kier molecular flexibility index (Phi) is 7.45. The highest BCUT2D eigenvalue weighted by atomic mass is 35.5. The number of hydrogen-bond donors (Lipinski definition) is 0. The van der Waals surface area contributed by atoms with Crippen LogP contribution in [0.3, 0.4) is 0 Å². The number of rotatable bonds is 7. The van der Waals surface area contributed by atoms with Gasteiger partial charge in [0.15, 0.2) is 0 Å². The quantitative estimate of drug-likeness (QED) is 0.665. The minimum atomic E-state index is -0.00443. The van der Waals surface area contributed by atoms with E-state index in [1.54, 1.807) is 32.4 Å². The first-order valence-corrected chi connectivity index (χ1v) is 10.4. The molecule has 30 heavy (non-hydrogen) atoms. The molecule has 6 nitrogen and oxygen atoms in total. The summed E-state index contributed by atoms with van der Waals surface area (Å²) in [5.41, 5.74) is 2.62. The average molecular weight is 433 g/mol. The standard InChI is InChI=1S/C23H29ClN2O4/c1-16-11-21(12-17(2)22(16)24)30-10-9-25-5-7-26(8-6-25)23(27)18-13-19(28-3)15-20(14-18)29-4/h11-15H,5-10H2,1-4H3. The highest BCUT2D eigenvalue weighted by molar-refractivity contribution is 6.32. The van der Waals surface area contributed by atoms with Crippen LogP contribution in [-0.4, -0.2) is 69.3 Å². The molecule has 2 aromatic carbocycles. The summed E-state index contributed by atoms with van der Waals surface area (Å²) < 4.78 is 16.5. The fraction of sp³-hybridized carbons (Fsp3) is 0.435. The van der Waals surface area contributed by atoms with Crippen LogP contribution in [0.25, 0.3) is 0 Å². The summed E-state index contributed by atoms with van der Waals surface area (Å²) >= 11 is 6.21. The Morgan fingerprint density at radius 2 is 1.47 bits per heavy atom. The third-order valence-corrected chi connectivity index (χ3v) is 5.94. The Labute approximate surface area is 183 Å². The van der Waals surface area contributed by atoms with Gasteiger partial charge in [0.2, 0.25) is 0 Å². The van der Waals surface area contributed by atoms with Crippen molar-refractivity contribution in [3.05, 3.63) is 52.0 Å². The summed E-state index contributed by atoms with van der Waals surface area (Å²) in [6.07, 6.45) is 0. The Bertz CT molecular complexity index is 850. The molecule has 0 radical (unpaired) electrons. The maximum atomic E-state index is 12.9. The van der Waals surface area contributed by atoms with Crippen molar-refractivity contribution in [1.82, 2.24) is 9.80 Å². The van der Waals surface area contributed by atoms with Gasteiger partial charge in [-0.05, 0) is 49.2 Å². The fourth-order valence-corrected chi connectivity index (χ4v) is 3.68. The predicted octanol–water partition coefficient (Wildman–Crippen LogP) is 3.81. The van der Waals surface area contributed by atoms with E-state index in [1.807, 2.05) is 30.9 Å². The molecular weight excluding hydrogens is 404 g/mol. The third kappa shape index (κ3) is 5.37. The van der Waals surface area contributed by atoms with Crippen molar-refractivity contribution in [3.63, 3.8) is 0 Å². The number of amides is 1. The average Bonchev–Trinajstić information content (AvgIpc) is 2.77. The van der Waals surface area contributed by atoms with Crippen LogP contribution < -0.4 is 14.2 Å². The molecule has 0 spiro atoms. The lowest BCUT2D eigenvalue weighted by molar-refractivity contribution is 0.0619. The van der Waals surface area contributed by atoms with Crippen molar-refractivity contribution >= 4 is 17.5 Å². The van der Waals surface area contributed by atoms with Crippen LogP contribution in [0.4, 0.5) is 0 Å². The van der Waals surface area contributed by atoms with Gasteiger partial charge in [-0.25, -0.2) is 0 Å². The first kappa shape index (κ1) is 22.2. The summed E-state index contributed by atoms with van der Waals surface area (Å²) in [5, 5.41) is 0.789. The molecule has 1 heterocycles. The van der Waals surface area contributed by atoms with E-state index in [0.29, 0.717) is 36.8 Å². The van der Waals surface area contributed by atoms with Crippen molar-refractivity contribution in [2.75, 3.05) is 53.6 Å². The van der Waals surface area contributed by atoms with Crippen LogP contribution in [0, 0.1) is 13.8 Å². The monoisotopic (exact) mass is 432 g/mol. The van der Waals surface area contributed by atoms with Gasteiger partial charge in [0.05, 0.1) is 14.2 Å². The second kappa shape index (κ2) is 10.0. The topological polar surface area (TPSA) is 51.2 Å². The summed E-state index contributed by atoms with van der Waals surface area (Å²) in [6, 6.07) is 9.20. The molecule has 1 aliphatic heterocycles. The van der Waals surface area contributed by atoms with Gasteiger partial charge >= 0.3 is 0 Å². The van der Waals surface area contributed by atoms with Gasteiger partial charge in [0.1, 0.15) is 23.9 Å². The zero-order valence-corrected chi connectivity index (χ0v) is 18.8. The smallest absolute Gasteiger partial charge is 0.254 e. The van der Waals surface area contributed by atoms with Crippen LogP contribution in [0.15, 0.2) is 30.3 Å². The maximum absolute atomic E-state index is 12.9. The van der Waals surface area contributed by atoms with Crippen molar-refractivity contribution in [3.8, 4) is 17.2 Å². The Balaban J connectivity index is 1.49. The minimum absolute atomic E-state index is 0.00443. The highest BCUT2D eigenvalue weighted by Gasteiger charge is 2.23. The molecule has 1 amide bonds. The number of aryl methyl sites for hydroxylation is 2. The number of halogens is 1. The van der Waals surface area contributed by atoms with Gasteiger partial charge in [-0.3, -0.25) is 9.69 Å². The highest BCUT2D eigenvalue weighted by Crippen LogP contribution is 2.26. The van der Waals surface area contributed by atoms with Crippen LogP contribution in [0.1, 0.15) is 21.5 Å². The van der Waals surface area contributed by atoms with Crippen LogP contribution in [0.5, 0.6) is 17.2 Å². The molecule has 7 heteroatoms. The van der Waals surface area contributed by atoms with Crippen LogP contribution >= 0.6 is 11.6 Å². The molecule has 1 saturated heterocycles. The van der Waals surface area contributed by atoms with Crippen molar-refractivity contribution in [2.45, 2.75) is 13.8 Å². The number of ether oxygens (including phenoxy) is 3. The van der Waals surface area contributed by atoms with E-state index in [-0.39, 0.29) is 5.91 Å². The molecular formula is C23H29ClN2O4. The van der Waals surface area contributed by atoms with Gasteiger partial charge in [0.25, 0.3) is 5.91 Å². The molecule has 0 atom stereocenters. The van der Waals surface area contributed by atoms with E-state index in [4.69, 9.17) is 25.8 Å². The van der Waals surface area contributed by atoms with E-state index in [0.717, 1.165) is 41.5 Å². The predicted molar refractivity (Wildman–Crippen MR) is 118 cm³/mol. The molecule has 162 valence electrons. The number of piperazine rings is 1. The van der Waals surface area contributed by atoms with Crippen LogP contribution in [-0.2, 0) is 0 Å². The normalized spacial score (nSPS) is 14.5. The molecule has 0 bridgehead atoms. The number of carbonyl (C=O) groups excluding carboxylic acids is 1. The molecule has 0 N–H and O–H groups in total. The van der Waals surface area contributed by atoms with Crippen LogP contribution in [0.2, 0.25) is 5.02 Å². The maximum Gasteiger partial charge on any atom is 0.254 e. The largest absolute Gasteiger partial charge is 0.497 e. The zero-order chi connectivity index (χ0) is 21.7. The summed E-state index contributed by atoms with van der Waals surface area (Å²) in [4.78, 5) is 17.1. The van der Waals surface area contributed by atoms with Gasteiger partial charge in [-0.2, -0.15) is 0 Å². The van der Waals surface area contributed by atoms with Gasteiger partial charge in [0, 0.05) is 49.4 Å². The minimum Gasteiger partial charge on any atom is -0.497 e. The Morgan fingerprint density at radius 3 is 2.00 bits per heavy atom. The Morgan fingerprint density at radius 1 is 0.900 bits per heavy atom. The van der Waals surface area contributed by atoms with Gasteiger partial charge < -0.3 is 19.1 Å². The van der Waals surface area contributed by atoms with E-state index < -0.39 is 0 Å². The molecule has 0 aromatic heterocycles. The van der Waals surface area contributed by atoms with E-state index in [1.165, 1.54) is 0 Å². The lowest BCUT2D eigenvalue weighted by atomic mass is 10.1. The number of nitrogens with zero attached hydrogens (tertiary/aromatic N) is 2. The zero-order valence-electron chi connectivity index (χ0n) is 18.0. The second-order valence-corrected chi connectivity index (χ2v) is 7.83. The van der Waals surface area contributed by atoms with Gasteiger partial charge in [-0.15, -0.1) is 0 Å². The Hall–Kier alpha value is -2.44. The first-order chi connectivity index (χ1) is 14.4. The molecule has 0 aliphatic carbocycles. The van der Waals surface area contributed by atoms with E-state index >= 15 is 0 Å². The lowest BCUT2D eigenvalue weighted by Crippen LogP contribution is -2.49. The number of carbonyl (C=O) groups is 1. The number of methoxy groups -OCH3 is 2. The third-order valence-electron chi connectivity index (χ3n) is 5.34. The molecule has 3 rings (SSSR count). The first-order valence-electron chi connectivity index (χ1n) is 10.1. The molecule has 2 aromatic rings. The molecule has 1 fully saturated rings. The summed E-state index contributed by atoms with van der Waals surface area (Å²) in [7, 11) is 3.16. The van der Waals surface area contributed by atoms with Crippen molar-refractivity contribution in [1.29, 1.82) is 0 Å².